The number of hydrogen-bond acceptors (Lipinski definition) is 3. The molecule has 0 aromatic heterocycles. The number of hydrogen-bond donors (Lipinski definition) is 1. The SMILES string of the molecule is COc1cccc(CC(=O)Nc2ccc(C(C)=O)cc2)c1. The number of ketones is 1. The minimum absolute atomic E-state index is 0.00394. The molecule has 2 aromatic rings. The third kappa shape index (κ3) is 4.18. The zero-order chi connectivity index (χ0) is 15.2. The summed E-state index contributed by atoms with van der Waals surface area (Å²) in [5.41, 5.74) is 2.18. The molecule has 108 valence electrons. The smallest absolute Gasteiger partial charge is 0.228 e. The second-order valence-corrected chi connectivity index (χ2v) is 4.71. The molecular formula is C17H17NO3. The van der Waals surface area contributed by atoms with E-state index in [1.807, 2.05) is 24.3 Å². The molecule has 0 aliphatic rings. The van der Waals surface area contributed by atoms with Crippen molar-refractivity contribution < 1.29 is 14.3 Å². The number of carbonyl (C=O) groups is 2. The van der Waals surface area contributed by atoms with E-state index in [4.69, 9.17) is 4.74 Å². The van der Waals surface area contributed by atoms with Gasteiger partial charge in [0.2, 0.25) is 5.91 Å². The topological polar surface area (TPSA) is 55.4 Å². The van der Waals surface area contributed by atoms with E-state index in [1.165, 1.54) is 6.92 Å². The summed E-state index contributed by atoms with van der Waals surface area (Å²) >= 11 is 0. The lowest BCUT2D eigenvalue weighted by Crippen LogP contribution is -2.14. The van der Waals surface area contributed by atoms with Crippen LogP contribution in [0.3, 0.4) is 0 Å². The van der Waals surface area contributed by atoms with E-state index >= 15 is 0 Å². The molecule has 0 aliphatic heterocycles. The number of rotatable bonds is 5. The van der Waals surface area contributed by atoms with Gasteiger partial charge in [-0.05, 0) is 48.9 Å². The average molecular weight is 283 g/mol. The summed E-state index contributed by atoms with van der Waals surface area (Å²) in [6.45, 7) is 1.51. The van der Waals surface area contributed by atoms with Crippen molar-refractivity contribution in [3.63, 3.8) is 0 Å². The molecule has 4 nitrogen and oxygen atoms in total. The van der Waals surface area contributed by atoms with E-state index in [0.29, 0.717) is 11.3 Å². The van der Waals surface area contributed by atoms with Crippen LogP contribution in [0.4, 0.5) is 5.69 Å². The molecule has 0 aliphatic carbocycles. The normalized spacial score (nSPS) is 10.0. The molecule has 0 heterocycles. The van der Waals surface area contributed by atoms with Crippen molar-refractivity contribution in [2.75, 3.05) is 12.4 Å². The zero-order valence-corrected chi connectivity index (χ0v) is 12.1. The third-order valence-electron chi connectivity index (χ3n) is 3.07. The van der Waals surface area contributed by atoms with Gasteiger partial charge < -0.3 is 10.1 Å². The zero-order valence-electron chi connectivity index (χ0n) is 12.1. The molecule has 0 fully saturated rings. The van der Waals surface area contributed by atoms with Crippen LogP contribution in [0.5, 0.6) is 5.75 Å². The third-order valence-corrected chi connectivity index (χ3v) is 3.07. The van der Waals surface area contributed by atoms with Crippen molar-refractivity contribution in [1.29, 1.82) is 0 Å². The number of carbonyl (C=O) groups excluding carboxylic acids is 2. The van der Waals surface area contributed by atoms with Gasteiger partial charge >= 0.3 is 0 Å². The number of nitrogens with one attached hydrogen (secondary N) is 1. The van der Waals surface area contributed by atoms with E-state index in [2.05, 4.69) is 5.32 Å². The van der Waals surface area contributed by atoms with Crippen molar-refractivity contribution in [3.05, 3.63) is 59.7 Å². The Balaban J connectivity index is 1.99. The largest absolute Gasteiger partial charge is 0.497 e. The van der Waals surface area contributed by atoms with Gasteiger partial charge in [-0.25, -0.2) is 0 Å². The number of benzene rings is 2. The lowest BCUT2D eigenvalue weighted by molar-refractivity contribution is -0.115. The molecule has 0 bridgehead atoms. The number of anilines is 1. The van der Waals surface area contributed by atoms with Gasteiger partial charge in [0, 0.05) is 11.3 Å². The fraction of sp³-hybridized carbons (Fsp3) is 0.176. The molecule has 21 heavy (non-hydrogen) atoms. The summed E-state index contributed by atoms with van der Waals surface area (Å²) in [5, 5.41) is 2.80. The van der Waals surface area contributed by atoms with Crippen molar-refractivity contribution in [2.24, 2.45) is 0 Å². The molecule has 0 saturated heterocycles. The highest BCUT2D eigenvalue weighted by molar-refractivity contribution is 5.96. The maximum atomic E-state index is 12.0. The van der Waals surface area contributed by atoms with Crippen molar-refractivity contribution >= 4 is 17.4 Å². The van der Waals surface area contributed by atoms with Crippen LogP contribution in [0.1, 0.15) is 22.8 Å². The van der Waals surface area contributed by atoms with Crippen LogP contribution in [-0.4, -0.2) is 18.8 Å². The molecule has 0 atom stereocenters. The fourth-order valence-corrected chi connectivity index (χ4v) is 1.96. The summed E-state index contributed by atoms with van der Waals surface area (Å²) in [5.74, 6) is 0.620. The van der Waals surface area contributed by atoms with Gasteiger partial charge in [0.25, 0.3) is 0 Å². The highest BCUT2D eigenvalue weighted by Gasteiger charge is 2.06. The Morgan fingerprint density at radius 1 is 1.10 bits per heavy atom. The van der Waals surface area contributed by atoms with E-state index in [-0.39, 0.29) is 18.1 Å². The summed E-state index contributed by atoms with van der Waals surface area (Å²) in [4.78, 5) is 23.2. The predicted octanol–water partition coefficient (Wildman–Crippen LogP) is 3.08. The van der Waals surface area contributed by atoms with Gasteiger partial charge in [-0.1, -0.05) is 12.1 Å². The number of amides is 1. The number of Topliss-reactive ketones (excluding diaryl/α,β-unsaturated/α-hetero) is 1. The van der Waals surface area contributed by atoms with Gasteiger partial charge in [-0.3, -0.25) is 9.59 Å². The molecule has 1 N–H and O–H groups in total. The van der Waals surface area contributed by atoms with E-state index in [1.54, 1.807) is 31.4 Å². The van der Waals surface area contributed by atoms with Crippen molar-refractivity contribution in [2.45, 2.75) is 13.3 Å². The quantitative estimate of drug-likeness (QED) is 0.858. The van der Waals surface area contributed by atoms with Gasteiger partial charge in [0.15, 0.2) is 5.78 Å². The van der Waals surface area contributed by atoms with Crippen LogP contribution in [0.2, 0.25) is 0 Å². The van der Waals surface area contributed by atoms with E-state index in [9.17, 15) is 9.59 Å². The van der Waals surface area contributed by atoms with Gasteiger partial charge in [-0.2, -0.15) is 0 Å². The van der Waals surface area contributed by atoms with Crippen LogP contribution >= 0.6 is 0 Å². The summed E-state index contributed by atoms with van der Waals surface area (Å²) in [7, 11) is 1.59. The minimum atomic E-state index is -0.112. The van der Waals surface area contributed by atoms with Crippen LogP contribution in [-0.2, 0) is 11.2 Å². The number of methoxy groups -OCH3 is 1. The summed E-state index contributed by atoms with van der Waals surface area (Å²) in [6, 6.07) is 14.2. The molecular weight excluding hydrogens is 266 g/mol. The fourth-order valence-electron chi connectivity index (χ4n) is 1.96. The molecule has 2 rings (SSSR count). The van der Waals surface area contributed by atoms with Crippen LogP contribution in [0, 0.1) is 0 Å². The second-order valence-electron chi connectivity index (χ2n) is 4.71. The monoisotopic (exact) mass is 283 g/mol. The van der Waals surface area contributed by atoms with Crippen LogP contribution in [0.25, 0.3) is 0 Å². The van der Waals surface area contributed by atoms with Crippen molar-refractivity contribution in [3.8, 4) is 5.75 Å². The highest BCUT2D eigenvalue weighted by atomic mass is 16.5. The van der Waals surface area contributed by atoms with E-state index < -0.39 is 0 Å². The number of ether oxygens (including phenoxy) is 1. The summed E-state index contributed by atoms with van der Waals surface area (Å²) < 4.78 is 5.13. The molecule has 4 heteroatoms. The lowest BCUT2D eigenvalue weighted by atomic mass is 10.1. The molecule has 0 unspecified atom stereocenters. The Kier molecular flexibility index (Phi) is 4.72. The standard InChI is InChI=1S/C17H17NO3/c1-12(19)14-6-8-15(9-7-14)18-17(20)11-13-4-3-5-16(10-13)21-2/h3-10H,11H2,1-2H3,(H,18,20). The maximum Gasteiger partial charge on any atom is 0.228 e. The van der Waals surface area contributed by atoms with Crippen LogP contribution in [0.15, 0.2) is 48.5 Å². The first kappa shape index (κ1) is 14.8. The molecule has 0 saturated carbocycles. The Labute approximate surface area is 123 Å². The molecule has 2 aromatic carbocycles. The minimum Gasteiger partial charge on any atom is -0.497 e. The predicted molar refractivity (Wildman–Crippen MR) is 81.8 cm³/mol. The van der Waals surface area contributed by atoms with Crippen molar-refractivity contribution in [1.82, 2.24) is 0 Å². The average Bonchev–Trinajstić information content (AvgIpc) is 2.47. The first-order valence-corrected chi connectivity index (χ1v) is 6.62. The molecule has 1 amide bonds. The lowest BCUT2D eigenvalue weighted by Gasteiger charge is -2.07. The molecule has 0 radical (unpaired) electrons. The summed E-state index contributed by atoms with van der Waals surface area (Å²) in [6.07, 6.45) is 0.270. The molecule has 0 spiro atoms. The second kappa shape index (κ2) is 6.70. The van der Waals surface area contributed by atoms with Gasteiger partial charge in [-0.15, -0.1) is 0 Å². The first-order chi connectivity index (χ1) is 10.1. The Hall–Kier alpha value is -2.62. The van der Waals surface area contributed by atoms with Crippen LogP contribution < -0.4 is 10.1 Å². The van der Waals surface area contributed by atoms with Gasteiger partial charge in [0.05, 0.1) is 13.5 Å². The Morgan fingerprint density at radius 2 is 1.81 bits per heavy atom. The first-order valence-electron chi connectivity index (χ1n) is 6.62. The van der Waals surface area contributed by atoms with E-state index in [0.717, 1.165) is 11.3 Å². The Morgan fingerprint density at radius 3 is 2.43 bits per heavy atom. The highest BCUT2D eigenvalue weighted by Crippen LogP contribution is 2.14. The maximum absolute atomic E-state index is 12.0. The Bertz CT molecular complexity index is 647. The van der Waals surface area contributed by atoms with Gasteiger partial charge in [0.1, 0.15) is 5.75 Å².